The molecule has 8 rings (SSSR count). The number of halogens is 1. The first-order valence-corrected chi connectivity index (χ1v) is 18.0. The van der Waals surface area contributed by atoms with Crippen molar-refractivity contribution in [3.05, 3.63) is 11.8 Å². The van der Waals surface area contributed by atoms with Gasteiger partial charge in [-0.15, -0.1) is 0 Å². The van der Waals surface area contributed by atoms with E-state index in [4.69, 9.17) is 15.2 Å². The van der Waals surface area contributed by atoms with Gasteiger partial charge in [0.2, 0.25) is 0 Å². The van der Waals surface area contributed by atoms with Crippen molar-refractivity contribution < 1.29 is 23.5 Å². The number of nitrogens with two attached hydrogens (primary N) is 1. The van der Waals surface area contributed by atoms with Gasteiger partial charge in [0, 0.05) is 64.0 Å². The van der Waals surface area contributed by atoms with Gasteiger partial charge in [0.25, 0.3) is 5.91 Å². The van der Waals surface area contributed by atoms with Gasteiger partial charge >= 0.3 is 0 Å². The number of alkyl halides is 1. The summed E-state index contributed by atoms with van der Waals surface area (Å²) in [5.74, 6) is -0.102. The lowest BCUT2D eigenvalue weighted by molar-refractivity contribution is -0.220. The third-order valence-electron chi connectivity index (χ3n) is 12.9. The fourth-order valence-corrected chi connectivity index (χ4v) is 10.6. The number of ether oxygens (including phenoxy) is 2. The lowest BCUT2D eigenvalue weighted by Gasteiger charge is -2.61. The second-order valence-corrected chi connectivity index (χ2v) is 15.5. The molecule has 3 saturated carbocycles. The molecule has 45 heavy (non-hydrogen) atoms. The Morgan fingerprint density at radius 3 is 2.60 bits per heavy atom. The van der Waals surface area contributed by atoms with E-state index < -0.39 is 24.2 Å². The highest BCUT2D eigenvalue weighted by atomic mass is 19.1. The molecule has 250 valence electrons. The van der Waals surface area contributed by atoms with Crippen molar-refractivity contribution in [2.45, 2.75) is 113 Å². The third kappa shape index (κ3) is 5.57. The Morgan fingerprint density at radius 2 is 1.80 bits per heavy atom. The average Bonchev–Trinajstić information content (AvgIpc) is 3.63. The van der Waals surface area contributed by atoms with E-state index in [0.29, 0.717) is 31.0 Å². The van der Waals surface area contributed by atoms with Crippen LogP contribution >= 0.6 is 0 Å². The Hall–Kier alpha value is -1.63. The maximum atomic E-state index is 16.3. The molecule has 11 heteroatoms. The summed E-state index contributed by atoms with van der Waals surface area (Å²) >= 11 is 0. The van der Waals surface area contributed by atoms with Gasteiger partial charge in [-0.3, -0.25) is 14.5 Å². The number of likely N-dealkylation sites (tertiary alicyclic amines) is 1. The van der Waals surface area contributed by atoms with Crippen LogP contribution in [0.15, 0.2) is 11.8 Å². The van der Waals surface area contributed by atoms with Gasteiger partial charge in [-0.2, -0.15) is 0 Å². The molecular weight excluding hydrogens is 575 g/mol. The van der Waals surface area contributed by atoms with Crippen molar-refractivity contribution in [1.82, 2.24) is 24.9 Å². The Bertz CT molecular complexity index is 1170. The van der Waals surface area contributed by atoms with Crippen LogP contribution < -0.4 is 11.1 Å². The van der Waals surface area contributed by atoms with E-state index in [9.17, 15) is 9.59 Å². The summed E-state index contributed by atoms with van der Waals surface area (Å²) in [4.78, 5) is 36.9. The van der Waals surface area contributed by atoms with Crippen LogP contribution in [0, 0.1) is 17.8 Å². The molecule has 0 bridgehead atoms. The highest BCUT2D eigenvalue weighted by Crippen LogP contribution is 2.53. The second kappa shape index (κ2) is 12.4. The molecule has 4 saturated heterocycles. The average molecular weight is 629 g/mol. The molecule has 8 aliphatic rings. The van der Waals surface area contributed by atoms with Gasteiger partial charge in [-0.05, 0) is 70.4 Å². The summed E-state index contributed by atoms with van der Waals surface area (Å²) in [7, 11) is 2.15. The summed E-state index contributed by atoms with van der Waals surface area (Å²) < 4.78 is 30.0. The molecule has 0 aromatic carbocycles. The van der Waals surface area contributed by atoms with Gasteiger partial charge in [-0.25, -0.2) is 4.39 Å². The zero-order chi connectivity index (χ0) is 30.8. The van der Waals surface area contributed by atoms with Crippen molar-refractivity contribution in [2.75, 3.05) is 59.4 Å². The van der Waals surface area contributed by atoms with E-state index in [1.54, 1.807) is 0 Å². The van der Waals surface area contributed by atoms with E-state index in [1.165, 1.54) is 19.3 Å². The Balaban J connectivity index is 1.04. The minimum absolute atomic E-state index is 0.0148. The number of nitrogens with zero attached hydrogens (tertiary/aromatic N) is 4. The van der Waals surface area contributed by atoms with E-state index >= 15 is 4.39 Å². The van der Waals surface area contributed by atoms with Gasteiger partial charge in [0.1, 0.15) is 6.17 Å². The fraction of sp³-hybridized carbons (Fsp3) is 0.882. The van der Waals surface area contributed by atoms with Crippen molar-refractivity contribution in [2.24, 2.45) is 23.5 Å². The summed E-state index contributed by atoms with van der Waals surface area (Å²) in [6.07, 6.45) is 9.05. The second-order valence-electron chi connectivity index (χ2n) is 15.5. The molecule has 0 aromatic rings. The van der Waals surface area contributed by atoms with Crippen LogP contribution in [0.4, 0.5) is 4.39 Å². The first-order chi connectivity index (χ1) is 21.9. The molecule has 5 aliphatic heterocycles. The molecule has 12 atom stereocenters. The van der Waals surface area contributed by atoms with Gasteiger partial charge < -0.3 is 35.2 Å². The van der Waals surface area contributed by atoms with Crippen LogP contribution in [0.1, 0.15) is 57.8 Å². The summed E-state index contributed by atoms with van der Waals surface area (Å²) in [6.45, 7) is 7.07. The number of morpholine rings is 1. The fourth-order valence-electron chi connectivity index (χ4n) is 10.6. The van der Waals surface area contributed by atoms with Gasteiger partial charge in [-0.1, -0.05) is 12.8 Å². The monoisotopic (exact) mass is 628 g/mol. The summed E-state index contributed by atoms with van der Waals surface area (Å²) in [5.41, 5.74) is 6.48. The number of piperazine rings is 1. The number of hydrogen-bond acceptors (Lipinski definition) is 9. The zero-order valence-corrected chi connectivity index (χ0v) is 26.9. The van der Waals surface area contributed by atoms with E-state index in [2.05, 4.69) is 32.0 Å². The highest BCUT2D eigenvalue weighted by Gasteiger charge is 2.62. The zero-order valence-electron chi connectivity index (χ0n) is 26.9. The Labute approximate surface area is 267 Å². The number of hydrogen-bond donors (Lipinski definition) is 2. The Morgan fingerprint density at radius 1 is 0.978 bits per heavy atom. The third-order valence-corrected chi connectivity index (χ3v) is 12.9. The number of amides is 1. The molecule has 5 heterocycles. The number of Topliss-reactive ketones (excluding diaryl/α,β-unsaturated/α-hetero) is 1. The molecule has 0 radical (unpaired) electrons. The lowest BCUT2D eigenvalue weighted by Crippen LogP contribution is -2.73. The molecular formula is C34H53FN6O4. The largest absolute Gasteiger partial charge is 0.374 e. The number of carbonyl (C=O) groups is 2. The van der Waals surface area contributed by atoms with Gasteiger partial charge in [0.15, 0.2) is 5.78 Å². The lowest BCUT2D eigenvalue weighted by atomic mass is 9.67. The molecule has 1 amide bonds. The van der Waals surface area contributed by atoms with E-state index in [-0.39, 0.29) is 54.0 Å². The SMILES string of the molecule is CN1CCN(CCCNC(=O)C2=CN3C4CC5OC6CCCCC6C5CC4OC4C(N5CC[C@@H](N)C5)C(F)CC(C2=O)C43)CC1. The van der Waals surface area contributed by atoms with Crippen molar-refractivity contribution in [3.63, 3.8) is 0 Å². The molecule has 3 N–H and O–H groups in total. The molecule has 3 aliphatic carbocycles. The normalized spacial score (nSPS) is 45.4. The number of fused-ring (bicyclic) bond motifs is 5. The van der Waals surface area contributed by atoms with Crippen molar-refractivity contribution in [3.8, 4) is 0 Å². The van der Waals surface area contributed by atoms with Gasteiger partial charge in [0.05, 0.1) is 48.1 Å². The van der Waals surface area contributed by atoms with Crippen LogP contribution in [0.2, 0.25) is 0 Å². The maximum absolute atomic E-state index is 16.3. The van der Waals surface area contributed by atoms with Crippen LogP contribution in [0.3, 0.4) is 0 Å². The van der Waals surface area contributed by atoms with Crippen molar-refractivity contribution >= 4 is 11.7 Å². The number of rotatable bonds is 6. The van der Waals surface area contributed by atoms with E-state index in [1.807, 2.05) is 6.20 Å². The quantitative estimate of drug-likeness (QED) is 0.331. The molecule has 7 fully saturated rings. The summed E-state index contributed by atoms with van der Waals surface area (Å²) in [5, 5.41) is 3.05. The molecule has 0 aromatic heterocycles. The van der Waals surface area contributed by atoms with Crippen molar-refractivity contribution in [1.29, 1.82) is 0 Å². The van der Waals surface area contributed by atoms with Crippen LogP contribution in [-0.2, 0) is 19.1 Å². The first kappa shape index (κ1) is 30.7. The standard InChI is InChI=1S/C34H53FN6O4/c1-38-11-13-39(14-12-38)9-4-8-37-34(43)24-19-41-26-17-28-22(21-5-2-3-6-27(21)44-28)16-29(26)45-33-30(41)23(32(24)42)15-25(35)31(33)40-10-7-20(36)18-40/h19-23,25-31,33H,2-18,36H2,1H3,(H,37,43)/t20-,21?,22?,23?,25?,26?,27?,28?,29?,30?,31?,33?/m1/s1. The topological polar surface area (TPSA) is 104 Å². The smallest absolute Gasteiger partial charge is 0.256 e. The number of likely N-dealkylation sites (N-methyl/N-ethyl adjacent to an activating group) is 1. The predicted molar refractivity (Wildman–Crippen MR) is 167 cm³/mol. The molecule has 10 nitrogen and oxygen atoms in total. The predicted octanol–water partition coefficient (Wildman–Crippen LogP) is 1.14. The van der Waals surface area contributed by atoms with Crippen LogP contribution in [-0.4, -0.2) is 145 Å². The number of carbonyl (C=O) groups excluding carboxylic acids is 2. The number of ketones is 1. The molecule has 0 spiro atoms. The molecule has 11 unspecified atom stereocenters. The Kier molecular flexibility index (Phi) is 8.48. The first-order valence-electron chi connectivity index (χ1n) is 18.0. The maximum Gasteiger partial charge on any atom is 0.256 e. The number of nitrogens with one attached hydrogen (secondary N) is 1. The van der Waals surface area contributed by atoms with E-state index in [0.717, 1.165) is 71.4 Å². The van der Waals surface area contributed by atoms with Crippen LogP contribution in [0.5, 0.6) is 0 Å². The summed E-state index contributed by atoms with van der Waals surface area (Å²) in [6, 6.07) is -0.645. The highest BCUT2D eigenvalue weighted by molar-refractivity contribution is 6.20. The minimum atomic E-state index is -1.20. The minimum Gasteiger partial charge on any atom is -0.374 e. The van der Waals surface area contributed by atoms with Crippen LogP contribution in [0.25, 0.3) is 0 Å².